The van der Waals surface area contributed by atoms with Crippen LogP contribution in [-0.4, -0.2) is 43.3 Å². The molecule has 1 atom stereocenters. The molecule has 1 aliphatic rings. The Morgan fingerprint density at radius 2 is 1.81 bits per heavy atom. The number of likely N-dealkylation sites (N-methyl/N-ethyl adjacent to an activating group) is 1. The van der Waals surface area contributed by atoms with Crippen molar-refractivity contribution in [2.24, 2.45) is 0 Å². The summed E-state index contributed by atoms with van der Waals surface area (Å²) < 4.78 is 26.5. The molecule has 0 bridgehead atoms. The fourth-order valence-corrected chi connectivity index (χ4v) is 4.52. The average Bonchev–Trinajstić information content (AvgIpc) is 2.83. The van der Waals surface area contributed by atoms with Gasteiger partial charge in [0.15, 0.2) is 0 Å². The van der Waals surface area contributed by atoms with E-state index in [0.717, 1.165) is 17.5 Å². The van der Waals surface area contributed by atoms with E-state index in [1.807, 2.05) is 45.2 Å². The molecule has 1 amide bonds. The fourth-order valence-electron chi connectivity index (χ4n) is 4.52. The lowest BCUT2D eigenvalue weighted by Gasteiger charge is -2.33. The van der Waals surface area contributed by atoms with Crippen molar-refractivity contribution in [2.45, 2.75) is 39.2 Å². The predicted molar refractivity (Wildman–Crippen MR) is 141 cm³/mol. The Hall–Kier alpha value is -4.07. The second-order valence-electron chi connectivity index (χ2n) is 9.91. The molecule has 0 unspecified atom stereocenters. The Morgan fingerprint density at radius 3 is 2.49 bits per heavy atom. The molecule has 0 aromatic heterocycles. The molecule has 8 heteroatoms. The van der Waals surface area contributed by atoms with Gasteiger partial charge in [-0.1, -0.05) is 12.1 Å². The van der Waals surface area contributed by atoms with Gasteiger partial charge < -0.3 is 24.8 Å². The molecular formula is C29H31FN2O5. The highest BCUT2D eigenvalue weighted by Gasteiger charge is 2.32. The first-order valence-corrected chi connectivity index (χ1v) is 12.0. The maximum Gasteiger partial charge on any atom is 0.313 e. The fraction of sp³-hybridized carbons (Fsp3) is 0.310. The first kappa shape index (κ1) is 26.0. The number of carboxylic acid groups (broad SMARTS) is 1. The third kappa shape index (κ3) is 5.38. The zero-order valence-electron chi connectivity index (χ0n) is 21.6. The summed E-state index contributed by atoms with van der Waals surface area (Å²) in [7, 11) is 2.02. The molecule has 0 saturated carbocycles. The number of hydrogen-bond acceptors (Lipinski definition) is 5. The standard InChI is InChI=1S/C29H31FN2O5/c1-17-12-20(36-16-21-15-32(5)24-8-6-7-9-25(24)37-21)13-18(2)26(17)27(33)31-19-10-11-23(30)22(14-19)29(3,4)28(34)35/h6-14,21H,15-16H2,1-5H3,(H,31,33)(H,34,35)/t21-/m0/s1. The topological polar surface area (TPSA) is 88.1 Å². The molecule has 2 N–H and O–H groups in total. The quantitative estimate of drug-likeness (QED) is 0.450. The van der Waals surface area contributed by atoms with Crippen LogP contribution in [0.5, 0.6) is 11.5 Å². The van der Waals surface area contributed by atoms with Crippen LogP contribution in [0.15, 0.2) is 54.6 Å². The lowest BCUT2D eigenvalue weighted by Crippen LogP contribution is -2.41. The summed E-state index contributed by atoms with van der Waals surface area (Å²) in [5.41, 5.74) is 1.80. The number of aryl methyl sites for hydroxylation is 2. The number of carbonyl (C=O) groups excluding carboxylic acids is 1. The number of amides is 1. The van der Waals surface area contributed by atoms with E-state index < -0.39 is 17.2 Å². The van der Waals surface area contributed by atoms with Gasteiger partial charge in [-0.2, -0.15) is 0 Å². The van der Waals surface area contributed by atoms with Crippen molar-refractivity contribution in [1.29, 1.82) is 0 Å². The molecule has 3 aromatic rings. The van der Waals surface area contributed by atoms with Crippen LogP contribution in [0.4, 0.5) is 15.8 Å². The van der Waals surface area contributed by atoms with Gasteiger partial charge in [0.1, 0.15) is 30.0 Å². The minimum Gasteiger partial charge on any atom is -0.490 e. The summed E-state index contributed by atoms with van der Waals surface area (Å²) in [5.74, 6) is -0.729. The van der Waals surface area contributed by atoms with Gasteiger partial charge in [-0.15, -0.1) is 0 Å². The third-order valence-corrected chi connectivity index (χ3v) is 6.65. The molecule has 7 nitrogen and oxygen atoms in total. The maximum absolute atomic E-state index is 14.4. The van der Waals surface area contributed by atoms with Gasteiger partial charge in [0.2, 0.25) is 0 Å². The van der Waals surface area contributed by atoms with E-state index in [-0.39, 0.29) is 17.6 Å². The lowest BCUT2D eigenvalue weighted by molar-refractivity contribution is -0.142. The van der Waals surface area contributed by atoms with Crippen LogP contribution in [0.3, 0.4) is 0 Å². The van der Waals surface area contributed by atoms with Gasteiger partial charge in [0, 0.05) is 23.9 Å². The van der Waals surface area contributed by atoms with E-state index in [1.54, 1.807) is 12.1 Å². The predicted octanol–water partition coefficient (Wildman–Crippen LogP) is 5.33. The van der Waals surface area contributed by atoms with E-state index >= 15 is 0 Å². The van der Waals surface area contributed by atoms with Crippen molar-refractivity contribution in [3.63, 3.8) is 0 Å². The Bertz CT molecular complexity index is 1330. The summed E-state index contributed by atoms with van der Waals surface area (Å²) in [5, 5.41) is 12.2. The van der Waals surface area contributed by atoms with Crippen molar-refractivity contribution in [1.82, 2.24) is 0 Å². The first-order valence-electron chi connectivity index (χ1n) is 12.0. The number of fused-ring (bicyclic) bond motifs is 1. The van der Waals surface area contributed by atoms with E-state index in [1.165, 1.54) is 26.0 Å². The van der Waals surface area contributed by atoms with Crippen LogP contribution >= 0.6 is 0 Å². The van der Waals surface area contributed by atoms with Crippen molar-refractivity contribution in [3.8, 4) is 11.5 Å². The Labute approximate surface area is 215 Å². The second-order valence-corrected chi connectivity index (χ2v) is 9.91. The number of nitrogens with zero attached hydrogens (tertiary/aromatic N) is 1. The maximum atomic E-state index is 14.4. The molecule has 4 rings (SSSR count). The third-order valence-electron chi connectivity index (χ3n) is 6.65. The molecule has 194 valence electrons. The van der Waals surface area contributed by atoms with Gasteiger partial charge in [-0.05, 0) is 81.3 Å². The van der Waals surface area contributed by atoms with Gasteiger partial charge in [-0.25, -0.2) is 4.39 Å². The van der Waals surface area contributed by atoms with Crippen LogP contribution < -0.4 is 19.7 Å². The van der Waals surface area contributed by atoms with E-state index in [4.69, 9.17) is 9.47 Å². The van der Waals surface area contributed by atoms with Crippen LogP contribution in [0.25, 0.3) is 0 Å². The van der Waals surface area contributed by atoms with Crippen molar-refractivity contribution in [3.05, 3.63) is 82.7 Å². The molecule has 3 aromatic carbocycles. The van der Waals surface area contributed by atoms with Crippen molar-refractivity contribution in [2.75, 3.05) is 30.4 Å². The number of anilines is 2. The molecule has 0 aliphatic carbocycles. The number of ether oxygens (including phenoxy) is 2. The summed E-state index contributed by atoms with van der Waals surface area (Å²) in [6.07, 6.45) is -0.147. The van der Waals surface area contributed by atoms with E-state index in [0.29, 0.717) is 41.3 Å². The molecule has 1 aliphatic heterocycles. The highest BCUT2D eigenvalue weighted by atomic mass is 19.1. The Balaban J connectivity index is 1.46. The van der Waals surface area contributed by atoms with Gasteiger partial charge in [0.25, 0.3) is 5.91 Å². The number of benzene rings is 3. The smallest absolute Gasteiger partial charge is 0.313 e. The minimum absolute atomic E-state index is 0.00630. The molecular weight excluding hydrogens is 475 g/mol. The summed E-state index contributed by atoms with van der Waals surface area (Å²) in [6, 6.07) is 15.4. The SMILES string of the molecule is Cc1cc(OC[C@@H]2CN(C)c3ccccc3O2)cc(C)c1C(=O)Nc1ccc(F)c(C(C)(C)C(=O)O)c1. The first-order chi connectivity index (χ1) is 17.5. The Morgan fingerprint density at radius 1 is 1.14 bits per heavy atom. The largest absolute Gasteiger partial charge is 0.490 e. The second kappa shape index (κ2) is 10.1. The van der Waals surface area contributed by atoms with Gasteiger partial charge >= 0.3 is 5.97 Å². The van der Waals surface area contributed by atoms with E-state index in [9.17, 15) is 19.1 Å². The number of hydrogen-bond donors (Lipinski definition) is 2. The van der Waals surface area contributed by atoms with Crippen molar-refractivity contribution >= 4 is 23.3 Å². The zero-order valence-corrected chi connectivity index (χ0v) is 21.6. The average molecular weight is 507 g/mol. The Kier molecular flexibility index (Phi) is 7.12. The van der Waals surface area contributed by atoms with Crippen molar-refractivity contribution < 1.29 is 28.6 Å². The normalized spacial score (nSPS) is 15.0. The lowest BCUT2D eigenvalue weighted by atomic mass is 9.84. The van der Waals surface area contributed by atoms with Gasteiger partial charge in [-0.3, -0.25) is 9.59 Å². The number of nitrogens with one attached hydrogen (secondary N) is 1. The van der Waals surface area contributed by atoms with E-state index in [2.05, 4.69) is 10.2 Å². The van der Waals surface area contributed by atoms with Crippen LogP contribution in [0.2, 0.25) is 0 Å². The number of para-hydroxylation sites is 2. The monoisotopic (exact) mass is 506 g/mol. The molecule has 0 fully saturated rings. The van der Waals surface area contributed by atoms with Crippen LogP contribution in [-0.2, 0) is 10.2 Å². The van der Waals surface area contributed by atoms with Crippen LogP contribution in [0, 0.1) is 19.7 Å². The summed E-state index contributed by atoms with van der Waals surface area (Å²) in [6.45, 7) is 7.51. The minimum atomic E-state index is -1.45. The molecule has 1 heterocycles. The number of carboxylic acids is 1. The number of aliphatic carboxylic acids is 1. The van der Waals surface area contributed by atoms with Crippen LogP contribution in [0.1, 0.15) is 40.9 Å². The molecule has 0 saturated heterocycles. The highest BCUT2D eigenvalue weighted by Crippen LogP contribution is 2.33. The summed E-state index contributed by atoms with van der Waals surface area (Å²) >= 11 is 0. The number of halogens is 1. The highest BCUT2D eigenvalue weighted by molar-refractivity contribution is 6.06. The number of carbonyl (C=O) groups is 2. The summed E-state index contributed by atoms with van der Waals surface area (Å²) in [4.78, 5) is 26.9. The molecule has 0 spiro atoms. The van der Waals surface area contributed by atoms with Gasteiger partial charge in [0.05, 0.1) is 17.6 Å². The number of rotatable bonds is 7. The molecule has 37 heavy (non-hydrogen) atoms. The molecule has 0 radical (unpaired) electrons. The zero-order chi connectivity index (χ0) is 26.9.